The molecule has 1 amide bonds. The quantitative estimate of drug-likeness (QED) is 0.556. The van der Waals surface area contributed by atoms with E-state index in [2.05, 4.69) is 11.9 Å². The zero-order valence-corrected chi connectivity index (χ0v) is 13.5. The SMILES string of the molecule is C=CCCC(=O)NC(CCc1ccccc1Cl)C(=O)OCC#N. The highest BCUT2D eigenvalue weighted by atomic mass is 35.5. The molecule has 6 heteroatoms. The molecular weight excluding hydrogens is 316 g/mol. The van der Waals surface area contributed by atoms with Crippen LogP contribution in [-0.4, -0.2) is 24.5 Å². The third kappa shape index (κ3) is 6.98. The number of carbonyl (C=O) groups excluding carboxylic acids is 2. The Kier molecular flexibility index (Phi) is 8.48. The number of allylic oxidation sites excluding steroid dienone is 1. The number of nitrogens with zero attached hydrogens (tertiary/aromatic N) is 1. The minimum atomic E-state index is -0.808. The number of benzene rings is 1. The van der Waals surface area contributed by atoms with Gasteiger partial charge in [0.1, 0.15) is 12.1 Å². The molecule has 0 saturated heterocycles. The summed E-state index contributed by atoms with van der Waals surface area (Å²) in [5, 5.41) is 11.7. The molecule has 1 N–H and O–H groups in total. The Hall–Kier alpha value is -2.32. The van der Waals surface area contributed by atoms with Crippen LogP contribution < -0.4 is 5.32 Å². The second-order valence-corrected chi connectivity index (χ2v) is 5.25. The first-order valence-electron chi connectivity index (χ1n) is 7.25. The van der Waals surface area contributed by atoms with Gasteiger partial charge in [-0.3, -0.25) is 4.79 Å². The molecule has 0 saturated carbocycles. The van der Waals surface area contributed by atoms with Gasteiger partial charge in [0, 0.05) is 11.4 Å². The smallest absolute Gasteiger partial charge is 0.329 e. The molecule has 1 rings (SSSR count). The summed E-state index contributed by atoms with van der Waals surface area (Å²) in [6.45, 7) is 3.21. The van der Waals surface area contributed by atoms with Gasteiger partial charge in [0.25, 0.3) is 0 Å². The van der Waals surface area contributed by atoms with E-state index in [-0.39, 0.29) is 18.9 Å². The van der Waals surface area contributed by atoms with Gasteiger partial charge >= 0.3 is 5.97 Å². The first-order valence-corrected chi connectivity index (χ1v) is 7.63. The van der Waals surface area contributed by atoms with Crippen molar-refractivity contribution in [1.82, 2.24) is 5.32 Å². The van der Waals surface area contributed by atoms with E-state index < -0.39 is 12.0 Å². The Morgan fingerprint density at radius 2 is 2.17 bits per heavy atom. The number of nitriles is 1. The van der Waals surface area contributed by atoms with E-state index in [9.17, 15) is 9.59 Å². The average molecular weight is 335 g/mol. The van der Waals surface area contributed by atoms with E-state index in [0.29, 0.717) is 24.3 Å². The molecule has 0 heterocycles. The van der Waals surface area contributed by atoms with E-state index in [0.717, 1.165) is 5.56 Å². The number of amides is 1. The zero-order valence-electron chi connectivity index (χ0n) is 12.8. The molecule has 0 spiro atoms. The standard InChI is InChI=1S/C17H19ClN2O3/c1-2-3-8-16(21)20-15(17(22)23-12-11-19)10-9-13-6-4-5-7-14(13)18/h2,4-7,15H,1,3,8-10,12H2,(H,20,21). The molecular formula is C17H19ClN2O3. The minimum absolute atomic E-state index is 0.248. The lowest BCUT2D eigenvalue weighted by Gasteiger charge is -2.17. The summed E-state index contributed by atoms with van der Waals surface area (Å²) in [6, 6.07) is 8.23. The summed E-state index contributed by atoms with van der Waals surface area (Å²) < 4.78 is 4.81. The zero-order chi connectivity index (χ0) is 17.1. The summed E-state index contributed by atoms with van der Waals surface area (Å²) in [5.41, 5.74) is 0.882. The van der Waals surface area contributed by atoms with Crippen molar-refractivity contribution in [1.29, 1.82) is 5.26 Å². The maximum atomic E-state index is 12.0. The van der Waals surface area contributed by atoms with Gasteiger partial charge in [-0.2, -0.15) is 5.26 Å². The van der Waals surface area contributed by atoms with Crippen molar-refractivity contribution in [3.05, 3.63) is 47.5 Å². The lowest BCUT2D eigenvalue weighted by molar-refractivity contribution is -0.146. The molecule has 0 radical (unpaired) electrons. The fourth-order valence-electron chi connectivity index (χ4n) is 1.95. The normalized spacial score (nSPS) is 11.1. The van der Waals surface area contributed by atoms with E-state index in [1.165, 1.54) is 0 Å². The second kappa shape index (κ2) is 10.4. The Bertz CT molecular complexity index is 596. The Labute approximate surface area is 140 Å². The number of nitrogens with one attached hydrogen (secondary N) is 1. The summed E-state index contributed by atoms with van der Waals surface area (Å²) in [4.78, 5) is 23.8. The maximum Gasteiger partial charge on any atom is 0.329 e. The number of ether oxygens (including phenoxy) is 1. The molecule has 1 atom stereocenters. The fraction of sp³-hybridized carbons (Fsp3) is 0.353. The third-order valence-corrected chi connectivity index (χ3v) is 3.50. The van der Waals surface area contributed by atoms with Gasteiger partial charge in [-0.25, -0.2) is 4.79 Å². The topological polar surface area (TPSA) is 79.2 Å². The molecule has 0 aromatic heterocycles. The van der Waals surface area contributed by atoms with Crippen LogP contribution in [0.1, 0.15) is 24.8 Å². The Morgan fingerprint density at radius 1 is 1.43 bits per heavy atom. The molecule has 0 fully saturated rings. The second-order valence-electron chi connectivity index (χ2n) is 4.84. The molecule has 0 aliphatic rings. The van der Waals surface area contributed by atoms with Crippen LogP contribution in [0.5, 0.6) is 0 Å². The molecule has 23 heavy (non-hydrogen) atoms. The molecule has 122 valence electrons. The van der Waals surface area contributed by atoms with Crippen molar-refractivity contribution in [3.8, 4) is 6.07 Å². The average Bonchev–Trinajstić information content (AvgIpc) is 2.55. The van der Waals surface area contributed by atoms with Gasteiger partial charge in [-0.05, 0) is 30.9 Å². The van der Waals surface area contributed by atoms with Gasteiger partial charge in [-0.1, -0.05) is 35.9 Å². The molecule has 0 aliphatic heterocycles. The number of rotatable bonds is 9. The highest BCUT2D eigenvalue weighted by Crippen LogP contribution is 2.17. The lowest BCUT2D eigenvalue weighted by Crippen LogP contribution is -2.42. The van der Waals surface area contributed by atoms with Crippen LogP contribution in [0.25, 0.3) is 0 Å². The van der Waals surface area contributed by atoms with Crippen LogP contribution in [0.15, 0.2) is 36.9 Å². The Balaban J connectivity index is 2.68. The first kappa shape index (κ1) is 18.7. The fourth-order valence-corrected chi connectivity index (χ4v) is 2.18. The van der Waals surface area contributed by atoms with Crippen molar-refractivity contribution < 1.29 is 14.3 Å². The maximum absolute atomic E-state index is 12.0. The van der Waals surface area contributed by atoms with Gasteiger partial charge in [0.2, 0.25) is 5.91 Å². The molecule has 5 nitrogen and oxygen atoms in total. The van der Waals surface area contributed by atoms with Gasteiger partial charge in [0.05, 0.1) is 0 Å². The summed E-state index contributed by atoms with van der Waals surface area (Å²) in [7, 11) is 0. The van der Waals surface area contributed by atoms with Crippen molar-refractivity contribution in [2.75, 3.05) is 6.61 Å². The highest BCUT2D eigenvalue weighted by molar-refractivity contribution is 6.31. The van der Waals surface area contributed by atoms with Crippen LogP contribution in [0.2, 0.25) is 5.02 Å². The van der Waals surface area contributed by atoms with Crippen LogP contribution in [0.3, 0.4) is 0 Å². The summed E-state index contributed by atoms with van der Waals surface area (Å²) >= 11 is 6.09. The van der Waals surface area contributed by atoms with Crippen LogP contribution >= 0.6 is 11.6 Å². The van der Waals surface area contributed by atoms with Crippen molar-refractivity contribution in [3.63, 3.8) is 0 Å². The molecule has 1 aromatic rings. The van der Waals surface area contributed by atoms with Crippen LogP contribution in [0, 0.1) is 11.3 Å². The van der Waals surface area contributed by atoms with Crippen LogP contribution in [-0.2, 0) is 20.7 Å². The predicted octanol–water partition coefficient (Wildman–Crippen LogP) is 2.79. The number of esters is 1. The number of hydrogen-bond donors (Lipinski definition) is 1. The molecule has 0 aliphatic carbocycles. The number of aryl methyl sites for hydroxylation is 1. The highest BCUT2D eigenvalue weighted by Gasteiger charge is 2.22. The number of carbonyl (C=O) groups is 2. The van der Waals surface area contributed by atoms with Gasteiger partial charge < -0.3 is 10.1 Å². The minimum Gasteiger partial charge on any atom is -0.449 e. The van der Waals surface area contributed by atoms with E-state index in [4.69, 9.17) is 21.6 Å². The number of hydrogen-bond acceptors (Lipinski definition) is 4. The largest absolute Gasteiger partial charge is 0.449 e. The monoisotopic (exact) mass is 334 g/mol. The van der Waals surface area contributed by atoms with Crippen LogP contribution in [0.4, 0.5) is 0 Å². The number of halogens is 1. The summed E-state index contributed by atoms with van der Waals surface area (Å²) in [5.74, 6) is -0.881. The van der Waals surface area contributed by atoms with Crippen molar-refractivity contribution >= 4 is 23.5 Å². The Morgan fingerprint density at radius 3 is 2.83 bits per heavy atom. The first-order chi connectivity index (χ1) is 11.1. The van der Waals surface area contributed by atoms with E-state index in [1.54, 1.807) is 18.2 Å². The molecule has 1 unspecified atom stereocenters. The van der Waals surface area contributed by atoms with Gasteiger partial charge in [0.15, 0.2) is 6.61 Å². The lowest BCUT2D eigenvalue weighted by atomic mass is 10.0. The molecule has 1 aromatic carbocycles. The molecule has 0 bridgehead atoms. The summed E-state index contributed by atoms with van der Waals surface area (Å²) in [6.07, 6.45) is 3.25. The predicted molar refractivity (Wildman–Crippen MR) is 87.7 cm³/mol. The van der Waals surface area contributed by atoms with Crippen molar-refractivity contribution in [2.45, 2.75) is 31.7 Å². The van der Waals surface area contributed by atoms with E-state index >= 15 is 0 Å². The third-order valence-electron chi connectivity index (χ3n) is 3.13. The van der Waals surface area contributed by atoms with E-state index in [1.807, 2.05) is 18.2 Å². The van der Waals surface area contributed by atoms with Gasteiger partial charge in [-0.15, -0.1) is 6.58 Å². The van der Waals surface area contributed by atoms with Crippen molar-refractivity contribution in [2.24, 2.45) is 0 Å².